The summed E-state index contributed by atoms with van der Waals surface area (Å²) in [7, 11) is 0. The van der Waals surface area contributed by atoms with Crippen LogP contribution in [0.15, 0.2) is 18.2 Å². The summed E-state index contributed by atoms with van der Waals surface area (Å²) in [5.74, 6) is -0.918. The van der Waals surface area contributed by atoms with Crippen LogP contribution in [0.5, 0.6) is 5.75 Å². The molecule has 0 fully saturated rings. The Bertz CT molecular complexity index is 352. The number of nitro benzene ring substituents is 1. The average Bonchev–Trinajstić information content (AvgIpc) is 2.01. The lowest BCUT2D eigenvalue weighted by Gasteiger charge is -2.09. The summed E-state index contributed by atoms with van der Waals surface area (Å²) in [6.07, 6.45) is -0.226. The lowest BCUT2D eigenvalue weighted by atomic mass is 10.3. The topological polar surface area (TPSA) is 52.4 Å². The van der Waals surface area contributed by atoms with Crippen molar-refractivity contribution in [2.75, 3.05) is 0 Å². The van der Waals surface area contributed by atoms with Crippen LogP contribution in [0.4, 0.5) is 10.1 Å². The van der Waals surface area contributed by atoms with E-state index in [1.807, 2.05) is 0 Å². The van der Waals surface area contributed by atoms with Crippen molar-refractivity contribution in [3.05, 3.63) is 34.1 Å². The molecule has 0 saturated heterocycles. The summed E-state index contributed by atoms with van der Waals surface area (Å²) in [5.41, 5.74) is -0.610. The number of hydrogen-bond donors (Lipinski definition) is 0. The van der Waals surface area contributed by atoms with E-state index in [-0.39, 0.29) is 11.9 Å². The Labute approximate surface area is 80.5 Å². The number of para-hydroxylation sites is 1. The zero-order valence-corrected chi connectivity index (χ0v) is 7.86. The first-order valence-electron chi connectivity index (χ1n) is 4.12. The molecule has 5 heteroatoms. The number of benzene rings is 1. The molecule has 0 aromatic heterocycles. The first-order valence-corrected chi connectivity index (χ1v) is 4.12. The van der Waals surface area contributed by atoms with Gasteiger partial charge in [-0.05, 0) is 26.0 Å². The van der Waals surface area contributed by atoms with Gasteiger partial charge in [0.1, 0.15) is 0 Å². The molecule has 14 heavy (non-hydrogen) atoms. The highest BCUT2D eigenvalue weighted by molar-refractivity contribution is 5.47. The van der Waals surface area contributed by atoms with E-state index >= 15 is 0 Å². The molecular formula is C9H10FNO3. The number of hydrogen-bond acceptors (Lipinski definition) is 3. The molecule has 0 aliphatic carbocycles. The maximum atomic E-state index is 13.0. The lowest BCUT2D eigenvalue weighted by Crippen LogP contribution is -2.08. The Kier molecular flexibility index (Phi) is 3.01. The van der Waals surface area contributed by atoms with Gasteiger partial charge in [0, 0.05) is 0 Å². The third kappa shape index (κ3) is 2.18. The molecule has 0 unspecified atom stereocenters. The van der Waals surface area contributed by atoms with Crippen LogP contribution in [0, 0.1) is 15.9 Å². The van der Waals surface area contributed by atoms with Crippen LogP contribution in [0.1, 0.15) is 13.8 Å². The van der Waals surface area contributed by atoms with E-state index in [4.69, 9.17) is 4.74 Å². The molecule has 0 N–H and O–H groups in total. The summed E-state index contributed by atoms with van der Waals surface area (Å²) in [4.78, 5) is 9.72. The zero-order chi connectivity index (χ0) is 10.7. The highest BCUT2D eigenvalue weighted by Crippen LogP contribution is 2.30. The van der Waals surface area contributed by atoms with E-state index in [0.29, 0.717) is 0 Å². The molecule has 4 nitrogen and oxygen atoms in total. The summed E-state index contributed by atoms with van der Waals surface area (Å²) < 4.78 is 18.1. The maximum Gasteiger partial charge on any atom is 0.346 e. The molecule has 0 saturated carbocycles. The quantitative estimate of drug-likeness (QED) is 0.555. The highest BCUT2D eigenvalue weighted by Gasteiger charge is 2.21. The van der Waals surface area contributed by atoms with Crippen molar-refractivity contribution >= 4 is 5.69 Å². The molecule has 0 radical (unpaired) electrons. The van der Waals surface area contributed by atoms with Gasteiger partial charge < -0.3 is 4.74 Å². The van der Waals surface area contributed by atoms with Gasteiger partial charge in [0.25, 0.3) is 0 Å². The lowest BCUT2D eigenvalue weighted by molar-refractivity contribution is -0.388. The molecule has 1 rings (SSSR count). The monoisotopic (exact) mass is 199 g/mol. The standard InChI is InChI=1S/C9H10FNO3/c1-6(2)14-8-5-3-4-7(10)9(8)11(12)13/h3-6H,1-2H3. The van der Waals surface area contributed by atoms with E-state index in [1.165, 1.54) is 12.1 Å². The van der Waals surface area contributed by atoms with Crippen LogP contribution in [0.3, 0.4) is 0 Å². The second-order valence-electron chi connectivity index (χ2n) is 3.01. The molecule has 0 atom stereocenters. The van der Waals surface area contributed by atoms with Gasteiger partial charge in [-0.15, -0.1) is 0 Å². The molecule has 1 aromatic rings. The molecule has 0 bridgehead atoms. The number of nitro groups is 1. The van der Waals surface area contributed by atoms with Gasteiger partial charge >= 0.3 is 5.69 Å². The van der Waals surface area contributed by atoms with E-state index in [1.54, 1.807) is 13.8 Å². The van der Waals surface area contributed by atoms with Crippen molar-refractivity contribution in [2.45, 2.75) is 20.0 Å². The summed E-state index contributed by atoms with van der Waals surface area (Å²) in [6.45, 7) is 3.43. The first-order chi connectivity index (χ1) is 6.52. The number of ether oxygens (including phenoxy) is 1. The predicted molar refractivity (Wildman–Crippen MR) is 48.8 cm³/mol. The predicted octanol–water partition coefficient (Wildman–Crippen LogP) is 2.52. The molecule has 0 spiro atoms. The van der Waals surface area contributed by atoms with Crippen LogP contribution in [-0.4, -0.2) is 11.0 Å². The molecule has 0 heterocycles. The Morgan fingerprint density at radius 3 is 2.64 bits per heavy atom. The summed E-state index contributed by atoms with van der Waals surface area (Å²) >= 11 is 0. The molecule has 0 aliphatic rings. The van der Waals surface area contributed by atoms with Crippen molar-refractivity contribution in [1.82, 2.24) is 0 Å². The average molecular weight is 199 g/mol. The van der Waals surface area contributed by atoms with Crippen LogP contribution < -0.4 is 4.74 Å². The Balaban J connectivity index is 3.14. The normalized spacial score (nSPS) is 10.3. The fourth-order valence-corrected chi connectivity index (χ4v) is 1.02. The van der Waals surface area contributed by atoms with Gasteiger partial charge in [-0.2, -0.15) is 4.39 Å². The van der Waals surface area contributed by atoms with E-state index in [2.05, 4.69) is 0 Å². The first kappa shape index (κ1) is 10.4. The fraction of sp³-hybridized carbons (Fsp3) is 0.333. The van der Waals surface area contributed by atoms with Crippen LogP contribution in [0.2, 0.25) is 0 Å². The third-order valence-electron chi connectivity index (χ3n) is 1.50. The number of rotatable bonds is 3. The summed E-state index contributed by atoms with van der Waals surface area (Å²) in [6, 6.07) is 3.78. The third-order valence-corrected chi connectivity index (χ3v) is 1.50. The molecular weight excluding hydrogens is 189 g/mol. The van der Waals surface area contributed by atoms with E-state index < -0.39 is 16.4 Å². The largest absolute Gasteiger partial charge is 0.484 e. The van der Waals surface area contributed by atoms with Gasteiger partial charge in [0.2, 0.25) is 11.6 Å². The Morgan fingerprint density at radius 1 is 1.50 bits per heavy atom. The molecule has 1 aromatic carbocycles. The molecule has 76 valence electrons. The van der Waals surface area contributed by atoms with E-state index in [9.17, 15) is 14.5 Å². The van der Waals surface area contributed by atoms with Crippen molar-refractivity contribution in [2.24, 2.45) is 0 Å². The fourth-order valence-electron chi connectivity index (χ4n) is 1.02. The van der Waals surface area contributed by atoms with Gasteiger partial charge in [0.05, 0.1) is 11.0 Å². The van der Waals surface area contributed by atoms with Crippen molar-refractivity contribution < 1.29 is 14.1 Å². The summed E-state index contributed by atoms with van der Waals surface area (Å²) in [5, 5.41) is 10.5. The highest BCUT2D eigenvalue weighted by atomic mass is 19.1. The van der Waals surface area contributed by atoms with Gasteiger partial charge in [-0.1, -0.05) is 6.07 Å². The van der Waals surface area contributed by atoms with E-state index in [0.717, 1.165) is 6.07 Å². The molecule has 0 amide bonds. The second-order valence-corrected chi connectivity index (χ2v) is 3.01. The van der Waals surface area contributed by atoms with Gasteiger partial charge in [0.15, 0.2) is 0 Å². The van der Waals surface area contributed by atoms with Crippen LogP contribution in [-0.2, 0) is 0 Å². The Morgan fingerprint density at radius 2 is 2.14 bits per heavy atom. The maximum absolute atomic E-state index is 13.0. The van der Waals surface area contributed by atoms with Gasteiger partial charge in [-0.3, -0.25) is 10.1 Å². The number of halogens is 1. The zero-order valence-electron chi connectivity index (χ0n) is 7.86. The number of nitrogens with zero attached hydrogens (tertiary/aromatic N) is 1. The van der Waals surface area contributed by atoms with Crippen molar-refractivity contribution in [3.8, 4) is 5.75 Å². The minimum atomic E-state index is -0.881. The van der Waals surface area contributed by atoms with Crippen molar-refractivity contribution in [1.29, 1.82) is 0 Å². The smallest absolute Gasteiger partial charge is 0.346 e. The SMILES string of the molecule is CC(C)Oc1cccc(F)c1[N+](=O)[O-]. The van der Waals surface area contributed by atoms with Crippen LogP contribution in [0.25, 0.3) is 0 Å². The van der Waals surface area contributed by atoms with Gasteiger partial charge in [-0.25, -0.2) is 0 Å². The minimum Gasteiger partial charge on any atom is -0.484 e. The van der Waals surface area contributed by atoms with Crippen molar-refractivity contribution in [3.63, 3.8) is 0 Å². The second kappa shape index (κ2) is 4.04. The Hall–Kier alpha value is -1.65. The van der Waals surface area contributed by atoms with Crippen LogP contribution >= 0.6 is 0 Å². The molecule has 0 aliphatic heterocycles. The minimum absolute atomic E-state index is 0.0370.